The molecule has 0 amide bonds. The first kappa shape index (κ1) is 13.6. The topological polar surface area (TPSA) is 82.8 Å². The number of nitriles is 1. The van der Waals surface area contributed by atoms with Crippen LogP contribution in [0, 0.1) is 11.3 Å². The summed E-state index contributed by atoms with van der Waals surface area (Å²) in [4.78, 5) is 3.86. The lowest BCUT2D eigenvalue weighted by molar-refractivity contribution is 0.560. The predicted octanol–water partition coefficient (Wildman–Crippen LogP) is 0.476. The number of hydrogen-bond acceptors (Lipinski definition) is 5. The van der Waals surface area contributed by atoms with Gasteiger partial charge in [-0.3, -0.25) is 0 Å². The van der Waals surface area contributed by atoms with Crippen LogP contribution in [0.2, 0.25) is 0 Å². The van der Waals surface area contributed by atoms with Gasteiger partial charge < -0.3 is 5.32 Å². The van der Waals surface area contributed by atoms with Crippen molar-refractivity contribution in [2.75, 3.05) is 12.0 Å². The fraction of sp³-hybridized carbons (Fsp3) is 0.455. The Morgan fingerprint density at radius 3 is 2.88 bits per heavy atom. The monoisotopic (exact) mass is 253 g/mol. The van der Waals surface area contributed by atoms with Crippen molar-refractivity contribution in [3.8, 4) is 6.07 Å². The lowest BCUT2D eigenvalue weighted by Gasteiger charge is -2.12. The van der Waals surface area contributed by atoms with Gasteiger partial charge in [-0.25, -0.2) is 13.4 Å². The Bertz CT molecular complexity index is 520. The summed E-state index contributed by atoms with van der Waals surface area (Å²) in [5.41, 5.74) is 1.27. The molecule has 1 aromatic rings. The Balaban J connectivity index is 2.53. The molecule has 1 unspecified atom stereocenters. The largest absolute Gasteiger partial charge is 0.309 e. The summed E-state index contributed by atoms with van der Waals surface area (Å²) in [5.74, 6) is 0.100. The third kappa shape index (κ3) is 5.43. The Kier molecular flexibility index (Phi) is 4.61. The second-order valence-electron chi connectivity index (χ2n) is 4.04. The van der Waals surface area contributed by atoms with Crippen molar-refractivity contribution in [3.63, 3.8) is 0 Å². The second kappa shape index (κ2) is 5.75. The van der Waals surface area contributed by atoms with Crippen LogP contribution < -0.4 is 5.32 Å². The Morgan fingerprint density at radius 2 is 2.29 bits per heavy atom. The summed E-state index contributed by atoms with van der Waals surface area (Å²) in [6, 6.07) is 5.31. The highest BCUT2D eigenvalue weighted by atomic mass is 32.2. The van der Waals surface area contributed by atoms with Crippen LogP contribution in [0.3, 0.4) is 0 Å². The standard InChI is InChI=1S/C11H15N3O2S/c1-9(8-17(2,15)16)14-7-10-3-4-13-11(5-10)6-12/h3-5,9,14H,7-8H2,1-2H3. The fourth-order valence-electron chi connectivity index (χ4n) is 1.45. The van der Waals surface area contributed by atoms with Gasteiger partial charge in [0.15, 0.2) is 0 Å². The third-order valence-corrected chi connectivity index (χ3v) is 3.25. The van der Waals surface area contributed by atoms with Crippen molar-refractivity contribution in [2.24, 2.45) is 0 Å². The first-order valence-electron chi connectivity index (χ1n) is 5.17. The normalized spacial score (nSPS) is 13.0. The SMILES string of the molecule is CC(CS(C)(=O)=O)NCc1ccnc(C#N)c1. The quantitative estimate of drug-likeness (QED) is 0.825. The molecule has 0 aliphatic heterocycles. The number of aromatic nitrogens is 1. The maximum absolute atomic E-state index is 11.1. The van der Waals surface area contributed by atoms with E-state index in [2.05, 4.69) is 10.3 Å². The summed E-state index contributed by atoms with van der Waals surface area (Å²) in [6.07, 6.45) is 2.78. The lowest BCUT2D eigenvalue weighted by Crippen LogP contribution is -2.32. The fourth-order valence-corrected chi connectivity index (χ4v) is 2.48. The van der Waals surface area contributed by atoms with Gasteiger partial charge in [-0.1, -0.05) is 0 Å². The minimum absolute atomic E-state index is 0.100. The molecule has 0 bridgehead atoms. The van der Waals surface area contributed by atoms with Crippen molar-refractivity contribution in [3.05, 3.63) is 29.6 Å². The molecule has 92 valence electrons. The van der Waals surface area contributed by atoms with Crippen molar-refractivity contribution in [2.45, 2.75) is 19.5 Å². The van der Waals surface area contributed by atoms with Gasteiger partial charge in [-0.15, -0.1) is 0 Å². The summed E-state index contributed by atoms with van der Waals surface area (Å²) >= 11 is 0. The zero-order valence-corrected chi connectivity index (χ0v) is 10.7. The molecule has 1 rings (SSSR count). The molecular formula is C11H15N3O2S. The van der Waals surface area contributed by atoms with Gasteiger partial charge >= 0.3 is 0 Å². The molecule has 0 aliphatic rings. The zero-order chi connectivity index (χ0) is 12.9. The molecule has 0 aliphatic carbocycles. The molecule has 1 heterocycles. The average Bonchev–Trinajstić information content (AvgIpc) is 2.24. The van der Waals surface area contributed by atoms with E-state index >= 15 is 0 Å². The van der Waals surface area contributed by atoms with Gasteiger partial charge in [0.2, 0.25) is 0 Å². The summed E-state index contributed by atoms with van der Waals surface area (Å²) in [5, 5.41) is 11.8. The third-order valence-electron chi connectivity index (χ3n) is 2.15. The second-order valence-corrected chi connectivity index (χ2v) is 6.22. The molecule has 0 spiro atoms. The van der Waals surface area contributed by atoms with Crippen LogP contribution >= 0.6 is 0 Å². The van der Waals surface area contributed by atoms with E-state index in [1.165, 1.54) is 6.26 Å². The summed E-state index contributed by atoms with van der Waals surface area (Å²) in [7, 11) is -2.97. The van der Waals surface area contributed by atoms with E-state index in [1.54, 1.807) is 18.3 Å². The molecule has 5 nitrogen and oxygen atoms in total. The van der Waals surface area contributed by atoms with E-state index < -0.39 is 9.84 Å². The first-order chi connectivity index (χ1) is 7.90. The summed E-state index contributed by atoms with van der Waals surface area (Å²) < 4.78 is 22.1. The number of rotatable bonds is 5. The highest BCUT2D eigenvalue weighted by molar-refractivity contribution is 7.90. The van der Waals surface area contributed by atoms with E-state index in [4.69, 9.17) is 5.26 Å². The number of sulfone groups is 1. The maximum Gasteiger partial charge on any atom is 0.148 e. The smallest absolute Gasteiger partial charge is 0.148 e. The molecule has 0 aromatic carbocycles. The molecule has 0 saturated carbocycles. The van der Waals surface area contributed by atoms with E-state index in [0.717, 1.165) is 5.56 Å². The highest BCUT2D eigenvalue weighted by Crippen LogP contribution is 2.01. The van der Waals surface area contributed by atoms with Crippen LogP contribution in [0.1, 0.15) is 18.2 Å². The van der Waals surface area contributed by atoms with Crippen LogP contribution in [-0.4, -0.2) is 31.5 Å². The predicted molar refractivity (Wildman–Crippen MR) is 65.0 cm³/mol. The number of nitrogens with one attached hydrogen (secondary N) is 1. The van der Waals surface area contributed by atoms with Gasteiger partial charge in [-0.2, -0.15) is 5.26 Å². The van der Waals surface area contributed by atoms with Gasteiger partial charge in [0, 0.05) is 25.0 Å². The molecule has 0 fully saturated rings. The van der Waals surface area contributed by atoms with Crippen LogP contribution in [0.5, 0.6) is 0 Å². The van der Waals surface area contributed by atoms with E-state index in [9.17, 15) is 8.42 Å². The molecule has 0 radical (unpaired) electrons. The average molecular weight is 253 g/mol. The Hall–Kier alpha value is -1.45. The Labute approximate surface area is 101 Å². The van der Waals surface area contributed by atoms with Gasteiger partial charge in [0.25, 0.3) is 0 Å². The van der Waals surface area contributed by atoms with Crippen molar-refractivity contribution < 1.29 is 8.42 Å². The van der Waals surface area contributed by atoms with Crippen molar-refractivity contribution >= 4 is 9.84 Å². The Morgan fingerprint density at radius 1 is 1.59 bits per heavy atom. The minimum Gasteiger partial charge on any atom is -0.309 e. The molecule has 17 heavy (non-hydrogen) atoms. The van der Waals surface area contributed by atoms with Crippen LogP contribution in [0.4, 0.5) is 0 Å². The molecule has 6 heteroatoms. The van der Waals surface area contributed by atoms with Crippen LogP contribution in [0.15, 0.2) is 18.3 Å². The van der Waals surface area contributed by atoms with E-state index in [0.29, 0.717) is 12.2 Å². The first-order valence-corrected chi connectivity index (χ1v) is 7.23. The van der Waals surface area contributed by atoms with Crippen molar-refractivity contribution in [1.29, 1.82) is 5.26 Å². The van der Waals surface area contributed by atoms with Gasteiger partial charge in [0.1, 0.15) is 21.6 Å². The van der Waals surface area contributed by atoms with Gasteiger partial charge in [-0.05, 0) is 24.6 Å². The lowest BCUT2D eigenvalue weighted by atomic mass is 10.2. The summed E-state index contributed by atoms with van der Waals surface area (Å²) in [6.45, 7) is 2.33. The van der Waals surface area contributed by atoms with Crippen LogP contribution in [-0.2, 0) is 16.4 Å². The van der Waals surface area contributed by atoms with Crippen molar-refractivity contribution in [1.82, 2.24) is 10.3 Å². The highest BCUT2D eigenvalue weighted by Gasteiger charge is 2.09. The molecule has 1 N–H and O–H groups in total. The molecule has 1 atom stereocenters. The molecule has 1 aromatic heterocycles. The zero-order valence-electron chi connectivity index (χ0n) is 9.84. The number of hydrogen-bond donors (Lipinski definition) is 1. The number of pyridine rings is 1. The molecular weight excluding hydrogens is 238 g/mol. The van der Waals surface area contributed by atoms with E-state index in [-0.39, 0.29) is 11.8 Å². The maximum atomic E-state index is 11.1. The van der Waals surface area contributed by atoms with Gasteiger partial charge in [0.05, 0.1) is 5.75 Å². The minimum atomic E-state index is -2.97. The van der Waals surface area contributed by atoms with E-state index in [1.807, 2.05) is 13.0 Å². The van der Waals surface area contributed by atoms with Crippen LogP contribution in [0.25, 0.3) is 0 Å². The number of nitrogens with zero attached hydrogens (tertiary/aromatic N) is 2. The molecule has 0 saturated heterocycles.